The zero-order valence-electron chi connectivity index (χ0n) is 14.8. The van der Waals surface area contributed by atoms with Gasteiger partial charge in [0.25, 0.3) is 0 Å². The van der Waals surface area contributed by atoms with Gasteiger partial charge in [-0.05, 0) is 71.2 Å². The first-order valence-electron chi connectivity index (χ1n) is 8.39. The number of hydrogen-bond acceptors (Lipinski definition) is 4. The number of carbonyl (C=O) groups excluding carboxylic acids is 3. The summed E-state index contributed by atoms with van der Waals surface area (Å²) in [5, 5.41) is 0. The summed E-state index contributed by atoms with van der Waals surface area (Å²) >= 11 is 3.17. The molecule has 0 aliphatic carbocycles. The van der Waals surface area contributed by atoms with Gasteiger partial charge in [0.2, 0.25) is 11.7 Å². The van der Waals surface area contributed by atoms with Gasteiger partial charge in [0, 0.05) is 29.2 Å². The quantitative estimate of drug-likeness (QED) is 0.541. The molecule has 1 heterocycles. The highest BCUT2D eigenvalue weighted by atomic mass is 79.9. The van der Waals surface area contributed by atoms with E-state index in [9.17, 15) is 18.8 Å². The Bertz CT molecular complexity index is 944. The van der Waals surface area contributed by atoms with Crippen LogP contribution in [0, 0.1) is 5.82 Å². The van der Waals surface area contributed by atoms with Gasteiger partial charge in [-0.3, -0.25) is 9.59 Å². The molecule has 1 aliphatic heterocycles. The number of Topliss-reactive ketones (excluding diaryl/α,β-unsaturated/α-hetero) is 1. The van der Waals surface area contributed by atoms with Crippen LogP contribution >= 0.6 is 15.9 Å². The van der Waals surface area contributed by atoms with Crippen molar-refractivity contribution in [3.63, 3.8) is 0 Å². The zero-order chi connectivity index (χ0) is 19.7. The molecule has 5 nitrogen and oxygen atoms in total. The summed E-state index contributed by atoms with van der Waals surface area (Å²) in [6.45, 7) is 3.56. The van der Waals surface area contributed by atoms with E-state index in [0.29, 0.717) is 23.0 Å². The number of rotatable bonds is 4. The number of carbonyl (C=O) groups is 3. The molecule has 1 aliphatic rings. The van der Waals surface area contributed by atoms with Crippen molar-refractivity contribution in [2.24, 2.45) is 0 Å². The summed E-state index contributed by atoms with van der Waals surface area (Å²) in [5.74, 6) is -1.76. The topological polar surface area (TPSA) is 63.7 Å². The fourth-order valence-corrected chi connectivity index (χ4v) is 3.46. The van der Waals surface area contributed by atoms with Gasteiger partial charge in [0.05, 0.1) is 5.56 Å². The van der Waals surface area contributed by atoms with Gasteiger partial charge in [0.1, 0.15) is 5.82 Å². The molecule has 0 fully saturated rings. The number of ketones is 1. The Morgan fingerprint density at radius 3 is 2.63 bits per heavy atom. The van der Waals surface area contributed by atoms with Gasteiger partial charge in [-0.15, -0.1) is 0 Å². The molecular formula is C20H17BrFNO4. The van der Waals surface area contributed by atoms with E-state index in [-0.39, 0.29) is 17.3 Å². The maximum Gasteiger partial charge on any atom is 0.340 e. The molecule has 3 rings (SSSR count). The maximum atomic E-state index is 13.4. The van der Waals surface area contributed by atoms with Crippen molar-refractivity contribution in [2.75, 3.05) is 11.4 Å². The molecule has 27 heavy (non-hydrogen) atoms. The van der Waals surface area contributed by atoms with Crippen molar-refractivity contribution in [3.05, 3.63) is 63.4 Å². The molecule has 0 saturated heterocycles. The largest absolute Gasteiger partial charge is 0.451 e. The normalized spacial score (nSPS) is 13.9. The monoisotopic (exact) mass is 433 g/mol. The lowest BCUT2D eigenvalue weighted by atomic mass is 10.0. The molecule has 0 spiro atoms. The predicted octanol–water partition coefficient (Wildman–Crippen LogP) is 3.93. The van der Waals surface area contributed by atoms with Crippen LogP contribution in [0.4, 0.5) is 10.1 Å². The van der Waals surface area contributed by atoms with Gasteiger partial charge in [0.15, 0.2) is 6.10 Å². The molecule has 0 N–H and O–H groups in total. The van der Waals surface area contributed by atoms with E-state index in [0.717, 1.165) is 17.3 Å². The molecular weight excluding hydrogens is 417 g/mol. The highest BCUT2D eigenvalue weighted by Crippen LogP contribution is 2.29. The van der Waals surface area contributed by atoms with Crippen LogP contribution in [0.5, 0.6) is 0 Å². The third-order valence-corrected chi connectivity index (χ3v) is 5.13. The number of esters is 1. The molecule has 0 radical (unpaired) electrons. The molecule has 7 heteroatoms. The highest BCUT2D eigenvalue weighted by molar-refractivity contribution is 9.10. The highest BCUT2D eigenvalue weighted by Gasteiger charge is 2.26. The number of amides is 1. The third kappa shape index (κ3) is 3.93. The smallest absolute Gasteiger partial charge is 0.340 e. The van der Waals surface area contributed by atoms with Crippen LogP contribution in [0.2, 0.25) is 0 Å². The number of halogens is 2. The van der Waals surface area contributed by atoms with E-state index in [2.05, 4.69) is 15.9 Å². The Morgan fingerprint density at radius 2 is 1.93 bits per heavy atom. The standard InChI is InChI=1S/C20H17BrFNO4/c1-11(27-20(26)16-10-15(22)4-5-17(16)21)19(25)14-3-6-18-13(9-14)7-8-23(18)12(2)24/h3-6,9-11H,7-8H2,1-2H3. The Kier molecular flexibility index (Phi) is 5.41. The predicted molar refractivity (Wildman–Crippen MR) is 101 cm³/mol. The number of benzene rings is 2. The van der Waals surface area contributed by atoms with Crippen molar-refractivity contribution in [1.82, 2.24) is 0 Å². The van der Waals surface area contributed by atoms with Gasteiger partial charge < -0.3 is 9.64 Å². The van der Waals surface area contributed by atoms with Crippen LogP contribution in [-0.2, 0) is 16.0 Å². The van der Waals surface area contributed by atoms with E-state index in [1.165, 1.54) is 26.0 Å². The molecule has 140 valence electrons. The Morgan fingerprint density at radius 1 is 1.19 bits per heavy atom. The Labute approximate surface area is 164 Å². The lowest BCUT2D eigenvalue weighted by molar-refractivity contribution is -0.116. The van der Waals surface area contributed by atoms with E-state index in [1.807, 2.05) is 0 Å². The summed E-state index contributed by atoms with van der Waals surface area (Å²) in [6.07, 6.45) is -0.364. The van der Waals surface area contributed by atoms with E-state index in [1.54, 1.807) is 23.1 Å². The average molecular weight is 434 g/mol. The fourth-order valence-electron chi connectivity index (χ4n) is 3.05. The van der Waals surface area contributed by atoms with Crippen LogP contribution in [0.1, 0.15) is 40.1 Å². The van der Waals surface area contributed by atoms with Gasteiger partial charge in [-0.1, -0.05) is 0 Å². The van der Waals surface area contributed by atoms with Crippen molar-refractivity contribution in [3.8, 4) is 0 Å². The van der Waals surface area contributed by atoms with Crippen LogP contribution < -0.4 is 4.90 Å². The second-order valence-corrected chi connectivity index (χ2v) is 7.15. The molecule has 2 aromatic rings. The fraction of sp³-hybridized carbons (Fsp3) is 0.250. The molecule has 1 amide bonds. The molecule has 2 aromatic carbocycles. The van der Waals surface area contributed by atoms with Gasteiger partial charge in [-0.2, -0.15) is 0 Å². The molecule has 1 unspecified atom stereocenters. The Hall–Kier alpha value is -2.54. The number of ether oxygens (including phenoxy) is 1. The van der Waals surface area contributed by atoms with Crippen molar-refractivity contribution in [1.29, 1.82) is 0 Å². The van der Waals surface area contributed by atoms with Crippen LogP contribution in [0.15, 0.2) is 40.9 Å². The third-order valence-electron chi connectivity index (χ3n) is 4.44. The second-order valence-electron chi connectivity index (χ2n) is 6.30. The molecule has 0 bridgehead atoms. The lowest BCUT2D eigenvalue weighted by Crippen LogP contribution is -2.26. The first kappa shape index (κ1) is 19.2. The summed E-state index contributed by atoms with van der Waals surface area (Å²) in [6, 6.07) is 8.74. The zero-order valence-corrected chi connectivity index (χ0v) is 16.4. The van der Waals surface area contributed by atoms with E-state index >= 15 is 0 Å². The van der Waals surface area contributed by atoms with Crippen LogP contribution in [-0.4, -0.2) is 30.3 Å². The van der Waals surface area contributed by atoms with E-state index in [4.69, 9.17) is 4.74 Å². The van der Waals surface area contributed by atoms with Crippen molar-refractivity contribution < 1.29 is 23.5 Å². The SMILES string of the molecule is CC(=O)N1CCc2cc(C(=O)C(C)OC(=O)c3cc(F)ccc3Br)ccc21. The number of hydrogen-bond donors (Lipinski definition) is 0. The van der Waals surface area contributed by atoms with Crippen molar-refractivity contribution >= 4 is 39.3 Å². The van der Waals surface area contributed by atoms with E-state index < -0.39 is 17.9 Å². The minimum atomic E-state index is -1.03. The lowest BCUT2D eigenvalue weighted by Gasteiger charge is -2.16. The Balaban J connectivity index is 1.75. The number of fused-ring (bicyclic) bond motifs is 1. The van der Waals surface area contributed by atoms with Crippen molar-refractivity contribution in [2.45, 2.75) is 26.4 Å². The first-order valence-corrected chi connectivity index (χ1v) is 9.18. The molecule has 1 atom stereocenters. The van der Waals surface area contributed by atoms with Gasteiger partial charge in [-0.25, -0.2) is 9.18 Å². The van der Waals surface area contributed by atoms with Gasteiger partial charge >= 0.3 is 5.97 Å². The first-order chi connectivity index (χ1) is 12.8. The summed E-state index contributed by atoms with van der Waals surface area (Å²) in [4.78, 5) is 38.2. The van der Waals surface area contributed by atoms with Crippen LogP contribution in [0.3, 0.4) is 0 Å². The van der Waals surface area contributed by atoms with Crippen LogP contribution in [0.25, 0.3) is 0 Å². The minimum Gasteiger partial charge on any atom is -0.451 e. The minimum absolute atomic E-state index is 0.0145. The number of nitrogens with zero attached hydrogens (tertiary/aromatic N) is 1. The summed E-state index contributed by atoms with van der Waals surface area (Å²) in [7, 11) is 0. The average Bonchev–Trinajstić information content (AvgIpc) is 3.06. The second kappa shape index (κ2) is 7.60. The molecule has 0 aromatic heterocycles. The summed E-state index contributed by atoms with van der Waals surface area (Å²) in [5.41, 5.74) is 2.12. The summed E-state index contributed by atoms with van der Waals surface area (Å²) < 4.78 is 19.0. The molecule has 0 saturated carbocycles. The number of anilines is 1. The maximum absolute atomic E-state index is 13.4.